The summed E-state index contributed by atoms with van der Waals surface area (Å²) in [4.78, 5) is 28.0. The number of isocyanates is 2. The summed E-state index contributed by atoms with van der Waals surface area (Å²) in [6, 6.07) is 0.0685. The minimum absolute atomic E-state index is 0.0447. The van der Waals surface area contributed by atoms with Crippen LogP contribution in [0.4, 0.5) is 0 Å². The smallest absolute Gasteiger partial charge is 0.211 e. The highest BCUT2D eigenvalue weighted by atomic mass is 16.1. The van der Waals surface area contributed by atoms with Gasteiger partial charge in [0.25, 0.3) is 0 Å². The summed E-state index contributed by atoms with van der Waals surface area (Å²) in [6.45, 7) is 6.93. The first-order chi connectivity index (χ1) is 7.51. The van der Waals surface area contributed by atoms with Gasteiger partial charge >= 0.3 is 0 Å². The molecule has 1 saturated carbocycles. The van der Waals surface area contributed by atoms with Crippen LogP contribution < -0.4 is 0 Å². The van der Waals surface area contributed by atoms with Crippen molar-refractivity contribution in [1.29, 1.82) is 0 Å². The monoisotopic (exact) mass is 222 g/mol. The van der Waals surface area contributed by atoms with Crippen LogP contribution >= 0.6 is 0 Å². The highest BCUT2D eigenvalue weighted by Crippen LogP contribution is 2.44. The molecular formula is C12H18N2O2. The molecule has 1 aliphatic carbocycles. The molecule has 0 heterocycles. The van der Waals surface area contributed by atoms with Crippen molar-refractivity contribution in [3.8, 4) is 0 Å². The first-order valence-electron chi connectivity index (χ1n) is 5.62. The molecule has 0 N–H and O–H groups in total. The Morgan fingerprint density at radius 2 is 2.00 bits per heavy atom. The Labute approximate surface area is 95.9 Å². The van der Waals surface area contributed by atoms with E-state index in [1.54, 1.807) is 12.2 Å². The minimum atomic E-state index is 0.0447. The lowest BCUT2D eigenvalue weighted by Crippen LogP contribution is -2.40. The van der Waals surface area contributed by atoms with Gasteiger partial charge in [-0.3, -0.25) is 0 Å². The molecule has 4 nitrogen and oxygen atoms in total. The van der Waals surface area contributed by atoms with Crippen molar-refractivity contribution in [2.75, 3.05) is 6.54 Å². The van der Waals surface area contributed by atoms with E-state index in [9.17, 15) is 9.59 Å². The zero-order valence-electron chi connectivity index (χ0n) is 10.1. The lowest BCUT2D eigenvalue weighted by molar-refractivity contribution is 0.0781. The third kappa shape index (κ3) is 2.88. The van der Waals surface area contributed by atoms with E-state index in [1.807, 2.05) is 0 Å². The fraction of sp³-hybridized carbons (Fsp3) is 0.833. The Morgan fingerprint density at radius 3 is 2.50 bits per heavy atom. The highest BCUT2D eigenvalue weighted by molar-refractivity contribution is 5.34. The quantitative estimate of drug-likeness (QED) is 0.542. The van der Waals surface area contributed by atoms with Crippen molar-refractivity contribution < 1.29 is 9.59 Å². The molecule has 1 rings (SSSR count). The van der Waals surface area contributed by atoms with Crippen LogP contribution in [0.2, 0.25) is 0 Å². The van der Waals surface area contributed by atoms with Crippen molar-refractivity contribution in [1.82, 2.24) is 0 Å². The van der Waals surface area contributed by atoms with Gasteiger partial charge in [-0.25, -0.2) is 19.6 Å². The van der Waals surface area contributed by atoms with Gasteiger partial charge in [0, 0.05) is 0 Å². The maximum absolute atomic E-state index is 10.3. The third-order valence-electron chi connectivity index (χ3n) is 3.68. The molecule has 0 bridgehead atoms. The predicted molar refractivity (Wildman–Crippen MR) is 60.6 cm³/mol. The third-order valence-corrected chi connectivity index (χ3v) is 3.68. The van der Waals surface area contributed by atoms with E-state index in [4.69, 9.17) is 0 Å². The van der Waals surface area contributed by atoms with Crippen molar-refractivity contribution in [3.63, 3.8) is 0 Å². The number of hydrogen-bond acceptors (Lipinski definition) is 4. The molecule has 0 aromatic heterocycles. The van der Waals surface area contributed by atoms with Gasteiger partial charge in [0.2, 0.25) is 12.2 Å². The normalized spacial score (nSPS) is 32.3. The van der Waals surface area contributed by atoms with Crippen molar-refractivity contribution in [3.05, 3.63) is 0 Å². The molecule has 0 saturated heterocycles. The Kier molecular flexibility index (Phi) is 4.17. The molecule has 3 unspecified atom stereocenters. The van der Waals surface area contributed by atoms with Crippen LogP contribution in [0, 0.1) is 17.3 Å². The predicted octanol–water partition coefficient (Wildman–Crippen LogP) is 2.10. The van der Waals surface area contributed by atoms with Crippen LogP contribution in [0.25, 0.3) is 0 Å². The number of hydrogen-bond donors (Lipinski definition) is 0. The molecule has 1 aliphatic rings. The summed E-state index contributed by atoms with van der Waals surface area (Å²) in [7, 11) is 0. The fourth-order valence-corrected chi connectivity index (χ4v) is 2.94. The molecular weight excluding hydrogens is 204 g/mol. The van der Waals surface area contributed by atoms with Crippen LogP contribution in [-0.4, -0.2) is 24.7 Å². The van der Waals surface area contributed by atoms with Crippen LogP contribution in [0.3, 0.4) is 0 Å². The van der Waals surface area contributed by atoms with Gasteiger partial charge in [0.15, 0.2) is 0 Å². The maximum Gasteiger partial charge on any atom is 0.235 e. The van der Waals surface area contributed by atoms with Crippen LogP contribution in [0.15, 0.2) is 9.98 Å². The van der Waals surface area contributed by atoms with E-state index in [1.165, 1.54) is 0 Å². The second-order valence-electron chi connectivity index (χ2n) is 5.32. The lowest BCUT2D eigenvalue weighted by Gasteiger charge is -2.44. The summed E-state index contributed by atoms with van der Waals surface area (Å²) in [6.07, 6.45) is 4.97. The van der Waals surface area contributed by atoms with Crippen molar-refractivity contribution >= 4 is 12.2 Å². The second-order valence-corrected chi connectivity index (χ2v) is 5.32. The first-order valence-corrected chi connectivity index (χ1v) is 5.62. The van der Waals surface area contributed by atoms with E-state index in [0.717, 1.165) is 12.8 Å². The Bertz CT molecular complexity index is 339. The first kappa shape index (κ1) is 12.8. The SMILES string of the molecule is CC1CC(N=C=O)CC(C)(C)C1CN=C=O. The molecule has 0 aromatic rings. The summed E-state index contributed by atoms with van der Waals surface area (Å²) < 4.78 is 0. The number of aliphatic imine (C=N–C) groups is 2. The standard InChI is InChI=1S/C12H18N2O2/c1-9-4-10(14-8-16)5-12(2,3)11(9)6-13-7-15/h9-11H,4-6H2,1-3H3. The minimum Gasteiger partial charge on any atom is -0.211 e. The van der Waals surface area contributed by atoms with Crippen LogP contribution in [0.1, 0.15) is 33.6 Å². The van der Waals surface area contributed by atoms with Gasteiger partial charge in [-0.15, -0.1) is 0 Å². The largest absolute Gasteiger partial charge is 0.235 e. The van der Waals surface area contributed by atoms with E-state index in [-0.39, 0.29) is 11.5 Å². The summed E-state index contributed by atoms with van der Waals surface area (Å²) in [5.41, 5.74) is 0.0447. The van der Waals surface area contributed by atoms with Gasteiger partial charge in [-0.1, -0.05) is 20.8 Å². The topological polar surface area (TPSA) is 58.9 Å². The zero-order chi connectivity index (χ0) is 12.2. The van der Waals surface area contributed by atoms with E-state index in [0.29, 0.717) is 18.4 Å². The van der Waals surface area contributed by atoms with E-state index in [2.05, 4.69) is 30.8 Å². The number of carbonyl (C=O) groups excluding carboxylic acids is 2. The average molecular weight is 222 g/mol. The van der Waals surface area contributed by atoms with Gasteiger partial charge in [-0.05, 0) is 30.1 Å². The van der Waals surface area contributed by atoms with Crippen LogP contribution in [0.5, 0.6) is 0 Å². The van der Waals surface area contributed by atoms with Crippen molar-refractivity contribution in [2.24, 2.45) is 27.2 Å². The molecule has 16 heavy (non-hydrogen) atoms. The summed E-state index contributed by atoms with van der Waals surface area (Å²) in [5.74, 6) is 0.759. The van der Waals surface area contributed by atoms with E-state index >= 15 is 0 Å². The molecule has 0 aromatic carbocycles. The average Bonchev–Trinajstić information content (AvgIpc) is 2.16. The Morgan fingerprint density at radius 1 is 1.31 bits per heavy atom. The number of nitrogens with zero attached hydrogens (tertiary/aromatic N) is 2. The summed E-state index contributed by atoms with van der Waals surface area (Å²) in [5, 5.41) is 0. The highest BCUT2D eigenvalue weighted by Gasteiger charge is 2.40. The Balaban J connectivity index is 2.81. The molecule has 1 fully saturated rings. The van der Waals surface area contributed by atoms with Gasteiger partial charge in [0.1, 0.15) is 0 Å². The van der Waals surface area contributed by atoms with E-state index < -0.39 is 0 Å². The summed E-state index contributed by atoms with van der Waals surface area (Å²) >= 11 is 0. The van der Waals surface area contributed by atoms with Crippen molar-refractivity contribution in [2.45, 2.75) is 39.7 Å². The van der Waals surface area contributed by atoms with Gasteiger partial charge in [0.05, 0.1) is 12.6 Å². The van der Waals surface area contributed by atoms with Gasteiger partial charge < -0.3 is 0 Å². The Hall–Kier alpha value is -1.24. The van der Waals surface area contributed by atoms with Crippen LogP contribution in [-0.2, 0) is 9.59 Å². The molecule has 0 aliphatic heterocycles. The molecule has 4 heteroatoms. The molecule has 0 radical (unpaired) electrons. The molecule has 88 valence electrons. The molecule has 0 amide bonds. The molecule has 0 spiro atoms. The zero-order valence-corrected chi connectivity index (χ0v) is 10.1. The molecule has 3 atom stereocenters. The maximum atomic E-state index is 10.3. The second kappa shape index (κ2) is 5.20. The number of rotatable bonds is 3. The fourth-order valence-electron chi connectivity index (χ4n) is 2.94. The van der Waals surface area contributed by atoms with Gasteiger partial charge in [-0.2, -0.15) is 0 Å². The lowest BCUT2D eigenvalue weighted by atomic mass is 9.62.